The number of halogens is 1. The highest BCUT2D eigenvalue weighted by atomic mass is 127. The summed E-state index contributed by atoms with van der Waals surface area (Å²) in [5.74, 6) is 0.948. The minimum absolute atomic E-state index is 0. The van der Waals surface area contributed by atoms with Crippen LogP contribution in [0.3, 0.4) is 0 Å². The number of hydrogen-bond donors (Lipinski definition) is 2. The lowest BCUT2D eigenvalue weighted by Gasteiger charge is -2.38. The molecule has 0 aromatic carbocycles. The molecule has 0 amide bonds. The molecule has 3 heterocycles. The van der Waals surface area contributed by atoms with Gasteiger partial charge in [-0.2, -0.15) is 0 Å². The second-order valence-electron chi connectivity index (χ2n) is 7.63. The molecule has 2 aliphatic rings. The molecule has 0 aliphatic carbocycles. The van der Waals surface area contributed by atoms with Crippen molar-refractivity contribution in [3.63, 3.8) is 0 Å². The van der Waals surface area contributed by atoms with E-state index in [1.54, 1.807) is 0 Å². The normalized spacial score (nSPS) is 21.2. The molecule has 3 rings (SSSR count). The van der Waals surface area contributed by atoms with E-state index in [4.69, 9.17) is 0 Å². The van der Waals surface area contributed by atoms with E-state index in [1.165, 1.54) is 37.7 Å². The number of piperazine rings is 1. The van der Waals surface area contributed by atoms with Gasteiger partial charge in [0, 0.05) is 64.9 Å². The lowest BCUT2D eigenvalue weighted by atomic mass is 10.1. The number of hydrogen-bond acceptors (Lipinski definition) is 5. The van der Waals surface area contributed by atoms with Crippen LogP contribution in [0, 0.1) is 0 Å². The van der Waals surface area contributed by atoms with E-state index in [1.807, 2.05) is 18.4 Å². The van der Waals surface area contributed by atoms with Crippen molar-refractivity contribution in [1.82, 2.24) is 20.4 Å². The fourth-order valence-corrected chi connectivity index (χ4v) is 4.76. The summed E-state index contributed by atoms with van der Waals surface area (Å²) in [4.78, 5) is 12.1. The topological polar surface area (TPSA) is 46.1 Å². The molecule has 1 aromatic rings. The third-order valence-corrected chi connectivity index (χ3v) is 6.85. The van der Waals surface area contributed by atoms with Crippen LogP contribution >= 0.6 is 35.3 Å². The first-order chi connectivity index (χ1) is 13.2. The van der Waals surface area contributed by atoms with E-state index in [0.29, 0.717) is 12.1 Å². The van der Waals surface area contributed by atoms with Crippen molar-refractivity contribution in [1.29, 1.82) is 0 Å². The number of nitrogens with zero attached hydrogens (tertiary/aromatic N) is 4. The first-order valence-corrected chi connectivity index (χ1v) is 11.3. The summed E-state index contributed by atoms with van der Waals surface area (Å²) in [6, 6.07) is 5.40. The first kappa shape index (κ1) is 23.7. The van der Waals surface area contributed by atoms with Crippen molar-refractivity contribution >= 4 is 46.3 Å². The third kappa shape index (κ3) is 6.74. The smallest absolute Gasteiger partial charge is 0.191 e. The SMILES string of the molecule is CCN1CCN(C(C)CNC(=NC)NC2CCN(c3cccs3)CC2)CC1.I. The predicted molar refractivity (Wildman–Crippen MR) is 133 cm³/mol. The Hall–Kier alpha value is -0.580. The van der Waals surface area contributed by atoms with E-state index >= 15 is 0 Å². The molecule has 1 atom stereocenters. The number of likely N-dealkylation sites (N-methyl/N-ethyl adjacent to an activating group) is 1. The minimum Gasteiger partial charge on any atom is -0.363 e. The van der Waals surface area contributed by atoms with Crippen LogP contribution in [0.2, 0.25) is 0 Å². The second kappa shape index (κ2) is 12.2. The average Bonchev–Trinajstić information content (AvgIpc) is 3.26. The van der Waals surface area contributed by atoms with E-state index in [2.05, 4.69) is 61.7 Å². The average molecular weight is 521 g/mol. The van der Waals surface area contributed by atoms with E-state index in [-0.39, 0.29) is 24.0 Å². The van der Waals surface area contributed by atoms with Gasteiger partial charge in [-0.25, -0.2) is 0 Å². The highest BCUT2D eigenvalue weighted by Crippen LogP contribution is 2.24. The first-order valence-electron chi connectivity index (χ1n) is 10.4. The Balaban J connectivity index is 0.00000280. The largest absolute Gasteiger partial charge is 0.363 e. The maximum atomic E-state index is 4.45. The summed E-state index contributed by atoms with van der Waals surface area (Å²) in [5.41, 5.74) is 0. The fraction of sp³-hybridized carbons (Fsp3) is 0.750. The van der Waals surface area contributed by atoms with Gasteiger partial charge in [-0.3, -0.25) is 9.89 Å². The molecule has 160 valence electrons. The monoisotopic (exact) mass is 520 g/mol. The van der Waals surface area contributed by atoms with E-state index in [9.17, 15) is 0 Å². The Kier molecular flexibility index (Phi) is 10.3. The van der Waals surface area contributed by atoms with Crippen LogP contribution in [0.5, 0.6) is 0 Å². The van der Waals surface area contributed by atoms with Crippen LogP contribution in [-0.2, 0) is 0 Å². The van der Waals surface area contributed by atoms with Gasteiger partial charge in [0.2, 0.25) is 0 Å². The second-order valence-corrected chi connectivity index (χ2v) is 8.56. The van der Waals surface area contributed by atoms with Gasteiger partial charge in [-0.05, 0) is 43.8 Å². The number of rotatable bonds is 6. The molecule has 0 spiro atoms. The molecule has 2 N–H and O–H groups in total. The summed E-state index contributed by atoms with van der Waals surface area (Å²) in [7, 11) is 1.88. The molecule has 6 nitrogen and oxygen atoms in total. The number of thiophene rings is 1. The van der Waals surface area contributed by atoms with Crippen molar-refractivity contribution in [3.05, 3.63) is 17.5 Å². The predicted octanol–water partition coefficient (Wildman–Crippen LogP) is 2.53. The molecule has 1 aromatic heterocycles. The molecule has 8 heteroatoms. The number of aliphatic imine (C=N–C) groups is 1. The maximum absolute atomic E-state index is 4.45. The summed E-state index contributed by atoms with van der Waals surface area (Å²) in [6.07, 6.45) is 2.32. The Morgan fingerprint density at radius 3 is 2.50 bits per heavy atom. The van der Waals surface area contributed by atoms with Crippen LogP contribution in [0.25, 0.3) is 0 Å². The van der Waals surface area contributed by atoms with Crippen LogP contribution in [-0.4, -0.2) is 87.2 Å². The molecule has 28 heavy (non-hydrogen) atoms. The molecule has 0 saturated carbocycles. The van der Waals surface area contributed by atoms with Gasteiger partial charge in [0.25, 0.3) is 0 Å². The Labute approximate surface area is 191 Å². The van der Waals surface area contributed by atoms with Crippen molar-refractivity contribution in [2.45, 2.75) is 38.8 Å². The highest BCUT2D eigenvalue weighted by Gasteiger charge is 2.22. The Morgan fingerprint density at radius 1 is 1.21 bits per heavy atom. The quantitative estimate of drug-likeness (QED) is 0.343. The zero-order valence-corrected chi connectivity index (χ0v) is 20.7. The van der Waals surface area contributed by atoms with Crippen molar-refractivity contribution in [2.24, 2.45) is 4.99 Å². The van der Waals surface area contributed by atoms with Crippen molar-refractivity contribution in [3.8, 4) is 0 Å². The van der Waals surface area contributed by atoms with Gasteiger partial charge in [-0.1, -0.05) is 6.92 Å². The molecular formula is C20H37IN6S. The number of anilines is 1. The van der Waals surface area contributed by atoms with Crippen molar-refractivity contribution < 1.29 is 0 Å². The zero-order chi connectivity index (χ0) is 19.1. The molecule has 2 saturated heterocycles. The van der Waals surface area contributed by atoms with Crippen LogP contribution in [0.1, 0.15) is 26.7 Å². The summed E-state index contributed by atoms with van der Waals surface area (Å²) >= 11 is 1.84. The summed E-state index contributed by atoms with van der Waals surface area (Å²) in [6.45, 7) is 13.6. The van der Waals surface area contributed by atoms with Crippen LogP contribution < -0.4 is 15.5 Å². The van der Waals surface area contributed by atoms with Gasteiger partial charge >= 0.3 is 0 Å². The molecule has 0 radical (unpaired) electrons. The Morgan fingerprint density at radius 2 is 1.93 bits per heavy atom. The van der Waals surface area contributed by atoms with Crippen LogP contribution in [0.15, 0.2) is 22.5 Å². The molecular weight excluding hydrogens is 483 g/mol. The van der Waals surface area contributed by atoms with Gasteiger partial charge in [-0.15, -0.1) is 35.3 Å². The lowest BCUT2D eigenvalue weighted by molar-refractivity contribution is 0.107. The van der Waals surface area contributed by atoms with Gasteiger partial charge in [0.1, 0.15) is 0 Å². The molecule has 2 aliphatic heterocycles. The maximum Gasteiger partial charge on any atom is 0.191 e. The standard InChI is InChI=1S/C20H36N6S.HI/c1-4-24-11-13-25(14-12-24)17(2)16-22-20(21-3)23-18-7-9-26(10-8-18)19-6-5-15-27-19;/h5-6,15,17-18H,4,7-14,16H2,1-3H3,(H2,21,22,23);1H. The van der Waals surface area contributed by atoms with Gasteiger partial charge in [0.15, 0.2) is 5.96 Å². The zero-order valence-electron chi connectivity index (χ0n) is 17.6. The molecule has 0 bridgehead atoms. The lowest BCUT2D eigenvalue weighted by Crippen LogP contribution is -2.54. The van der Waals surface area contributed by atoms with E-state index < -0.39 is 0 Å². The minimum atomic E-state index is 0. The molecule has 2 fully saturated rings. The van der Waals surface area contributed by atoms with Gasteiger partial charge in [0.05, 0.1) is 5.00 Å². The highest BCUT2D eigenvalue weighted by molar-refractivity contribution is 14.0. The molecule has 1 unspecified atom stereocenters. The number of nitrogens with one attached hydrogen (secondary N) is 2. The van der Waals surface area contributed by atoms with Crippen LogP contribution in [0.4, 0.5) is 5.00 Å². The van der Waals surface area contributed by atoms with Gasteiger partial charge < -0.3 is 20.4 Å². The van der Waals surface area contributed by atoms with Crippen molar-refractivity contribution in [2.75, 3.05) is 64.3 Å². The third-order valence-electron chi connectivity index (χ3n) is 5.92. The number of piperidine rings is 1. The Bertz CT molecular complexity index is 565. The summed E-state index contributed by atoms with van der Waals surface area (Å²) < 4.78 is 0. The summed E-state index contributed by atoms with van der Waals surface area (Å²) in [5, 5.41) is 10.7. The fourth-order valence-electron chi connectivity index (χ4n) is 3.98. The number of guanidine groups is 1. The van der Waals surface area contributed by atoms with E-state index in [0.717, 1.165) is 38.4 Å².